The molecule has 2 aromatic carbocycles. The van der Waals surface area contributed by atoms with Gasteiger partial charge in [0.05, 0.1) is 11.4 Å². The van der Waals surface area contributed by atoms with Gasteiger partial charge in [0.2, 0.25) is 0 Å². The van der Waals surface area contributed by atoms with Crippen LogP contribution >= 0.6 is 0 Å². The Morgan fingerprint density at radius 1 is 0.971 bits per heavy atom. The van der Waals surface area contributed by atoms with Crippen LogP contribution < -0.4 is 10.6 Å². The summed E-state index contributed by atoms with van der Waals surface area (Å²) in [5.74, 6) is 0.823. The van der Waals surface area contributed by atoms with Gasteiger partial charge >= 0.3 is 6.03 Å². The lowest BCUT2D eigenvalue weighted by Crippen LogP contribution is -2.31. The molecule has 1 aliphatic rings. The zero-order valence-corrected chi connectivity index (χ0v) is 19.7. The van der Waals surface area contributed by atoms with Crippen LogP contribution in [0, 0.1) is 6.92 Å². The lowest BCUT2D eigenvalue weighted by molar-refractivity contribution is 0.243. The molecule has 0 fully saturated rings. The molecule has 7 nitrogen and oxygen atoms in total. The van der Waals surface area contributed by atoms with E-state index < -0.39 is 0 Å². The van der Waals surface area contributed by atoms with E-state index in [0.29, 0.717) is 6.54 Å². The van der Waals surface area contributed by atoms with Crippen molar-refractivity contribution >= 4 is 11.7 Å². The van der Waals surface area contributed by atoms with Gasteiger partial charge in [-0.2, -0.15) is 0 Å². The van der Waals surface area contributed by atoms with Crippen LogP contribution in [0.4, 0.5) is 10.5 Å². The quantitative estimate of drug-likeness (QED) is 0.431. The number of aromatic nitrogens is 3. The molecular formula is C28H28N6O. The number of nitrogens with one attached hydrogen (secondary N) is 2. The Morgan fingerprint density at radius 3 is 2.57 bits per heavy atom. The van der Waals surface area contributed by atoms with Crippen molar-refractivity contribution in [3.8, 4) is 11.3 Å². The molecule has 0 saturated carbocycles. The average molecular weight is 465 g/mol. The molecule has 2 amide bonds. The molecule has 0 aliphatic carbocycles. The number of anilines is 1. The summed E-state index contributed by atoms with van der Waals surface area (Å²) in [6.45, 7) is 5.00. The van der Waals surface area contributed by atoms with Crippen molar-refractivity contribution in [3.05, 3.63) is 107 Å². The molecule has 1 aliphatic heterocycles. The number of hydrogen-bond acceptors (Lipinski definition) is 5. The summed E-state index contributed by atoms with van der Waals surface area (Å²) in [7, 11) is 0. The Kier molecular flexibility index (Phi) is 6.77. The number of pyridine rings is 1. The Labute approximate surface area is 205 Å². The third kappa shape index (κ3) is 5.70. The normalized spacial score (nSPS) is 13.2. The SMILES string of the molecule is Cc1nc2c(c(-c3ccccc3)n1)CN(Cc1ccc(NC(=O)NCc3cccnc3)cc1)CC2. The van der Waals surface area contributed by atoms with Crippen LogP contribution in [0.3, 0.4) is 0 Å². The summed E-state index contributed by atoms with van der Waals surface area (Å²) < 4.78 is 0. The fourth-order valence-corrected chi connectivity index (χ4v) is 4.38. The second-order valence-electron chi connectivity index (χ2n) is 8.74. The summed E-state index contributed by atoms with van der Waals surface area (Å²) >= 11 is 0. The number of fused-ring (bicyclic) bond motifs is 1. The van der Waals surface area contributed by atoms with E-state index in [4.69, 9.17) is 9.97 Å². The number of carbonyl (C=O) groups excluding carboxylic acids is 1. The van der Waals surface area contributed by atoms with E-state index >= 15 is 0 Å². The summed E-state index contributed by atoms with van der Waals surface area (Å²) in [6, 6.07) is 21.9. The molecule has 4 aromatic rings. The Morgan fingerprint density at radius 2 is 1.80 bits per heavy atom. The molecule has 0 spiro atoms. The smallest absolute Gasteiger partial charge is 0.319 e. The minimum atomic E-state index is -0.238. The van der Waals surface area contributed by atoms with Crippen LogP contribution in [0.1, 0.15) is 28.2 Å². The van der Waals surface area contributed by atoms with Crippen molar-refractivity contribution in [1.29, 1.82) is 0 Å². The summed E-state index contributed by atoms with van der Waals surface area (Å²) in [5.41, 5.74) is 7.46. The van der Waals surface area contributed by atoms with Gasteiger partial charge in [0.15, 0.2) is 0 Å². The molecule has 0 unspecified atom stereocenters. The second kappa shape index (κ2) is 10.4. The zero-order valence-electron chi connectivity index (χ0n) is 19.7. The number of benzene rings is 2. The third-order valence-electron chi connectivity index (χ3n) is 6.09. The lowest BCUT2D eigenvalue weighted by atomic mass is 9.98. The first-order valence-corrected chi connectivity index (χ1v) is 11.8. The van der Waals surface area contributed by atoms with Crippen LogP contribution in [0.25, 0.3) is 11.3 Å². The molecule has 176 valence electrons. The van der Waals surface area contributed by atoms with Gasteiger partial charge < -0.3 is 10.6 Å². The number of hydrogen-bond donors (Lipinski definition) is 2. The van der Waals surface area contributed by atoms with Crippen LogP contribution in [-0.4, -0.2) is 32.4 Å². The molecule has 3 heterocycles. The van der Waals surface area contributed by atoms with Crippen LogP contribution in [0.15, 0.2) is 79.1 Å². The Balaban J connectivity index is 1.21. The van der Waals surface area contributed by atoms with Gasteiger partial charge in [-0.05, 0) is 36.2 Å². The molecule has 0 bridgehead atoms. The summed E-state index contributed by atoms with van der Waals surface area (Å²) in [6.07, 6.45) is 4.37. The second-order valence-corrected chi connectivity index (χ2v) is 8.74. The van der Waals surface area contributed by atoms with E-state index in [1.54, 1.807) is 12.4 Å². The summed E-state index contributed by atoms with van der Waals surface area (Å²) in [4.78, 5) is 28.2. The molecule has 0 atom stereocenters. The highest BCUT2D eigenvalue weighted by Crippen LogP contribution is 2.29. The summed E-state index contributed by atoms with van der Waals surface area (Å²) in [5, 5.41) is 5.74. The number of rotatable bonds is 6. The van der Waals surface area contributed by atoms with Crippen LogP contribution in [0.5, 0.6) is 0 Å². The monoisotopic (exact) mass is 464 g/mol. The van der Waals surface area contributed by atoms with Gasteiger partial charge in [-0.25, -0.2) is 14.8 Å². The highest BCUT2D eigenvalue weighted by molar-refractivity contribution is 5.89. The number of nitrogens with zero attached hydrogens (tertiary/aromatic N) is 4. The molecule has 2 N–H and O–H groups in total. The highest BCUT2D eigenvalue weighted by atomic mass is 16.2. The first-order valence-electron chi connectivity index (χ1n) is 11.8. The van der Waals surface area contributed by atoms with Crippen molar-refractivity contribution in [1.82, 2.24) is 25.2 Å². The van der Waals surface area contributed by atoms with Gasteiger partial charge in [-0.3, -0.25) is 9.88 Å². The third-order valence-corrected chi connectivity index (χ3v) is 6.09. The van der Waals surface area contributed by atoms with Crippen molar-refractivity contribution in [2.45, 2.75) is 33.0 Å². The highest BCUT2D eigenvalue weighted by Gasteiger charge is 2.22. The van der Waals surface area contributed by atoms with E-state index in [2.05, 4.69) is 56.9 Å². The lowest BCUT2D eigenvalue weighted by Gasteiger charge is -2.29. The van der Waals surface area contributed by atoms with Crippen molar-refractivity contribution in [2.75, 3.05) is 11.9 Å². The van der Waals surface area contributed by atoms with Crippen molar-refractivity contribution < 1.29 is 4.79 Å². The number of amides is 2. The molecule has 0 radical (unpaired) electrons. The average Bonchev–Trinajstić information content (AvgIpc) is 2.89. The van der Waals surface area contributed by atoms with E-state index in [-0.39, 0.29) is 6.03 Å². The Bertz CT molecular complexity index is 1290. The minimum Gasteiger partial charge on any atom is -0.334 e. The molecule has 7 heteroatoms. The fraction of sp³-hybridized carbons (Fsp3) is 0.214. The van der Waals surface area contributed by atoms with Gasteiger partial charge in [-0.1, -0.05) is 48.5 Å². The van der Waals surface area contributed by atoms with Crippen LogP contribution in [0.2, 0.25) is 0 Å². The van der Waals surface area contributed by atoms with Gasteiger partial charge in [0.25, 0.3) is 0 Å². The van der Waals surface area contributed by atoms with E-state index in [1.165, 1.54) is 11.1 Å². The maximum absolute atomic E-state index is 12.2. The molecule has 35 heavy (non-hydrogen) atoms. The molecule has 2 aromatic heterocycles. The predicted molar refractivity (Wildman–Crippen MR) is 137 cm³/mol. The molecular weight excluding hydrogens is 436 g/mol. The van der Waals surface area contributed by atoms with Crippen molar-refractivity contribution in [2.24, 2.45) is 0 Å². The van der Waals surface area contributed by atoms with Gasteiger partial charge in [0, 0.05) is 61.8 Å². The first kappa shape index (κ1) is 22.7. The maximum atomic E-state index is 12.2. The number of carbonyl (C=O) groups is 1. The van der Waals surface area contributed by atoms with Crippen LogP contribution in [-0.2, 0) is 26.1 Å². The van der Waals surface area contributed by atoms with E-state index in [9.17, 15) is 4.79 Å². The van der Waals surface area contributed by atoms with Gasteiger partial charge in [0.1, 0.15) is 5.82 Å². The molecule has 5 rings (SSSR count). The predicted octanol–water partition coefficient (Wildman–Crippen LogP) is 4.73. The molecule has 0 saturated heterocycles. The number of urea groups is 1. The fourth-order valence-electron chi connectivity index (χ4n) is 4.38. The number of aryl methyl sites for hydroxylation is 1. The first-order chi connectivity index (χ1) is 17.1. The largest absolute Gasteiger partial charge is 0.334 e. The van der Waals surface area contributed by atoms with Crippen molar-refractivity contribution in [3.63, 3.8) is 0 Å². The van der Waals surface area contributed by atoms with Gasteiger partial charge in [-0.15, -0.1) is 0 Å². The maximum Gasteiger partial charge on any atom is 0.319 e. The van der Waals surface area contributed by atoms with E-state index in [0.717, 1.165) is 60.1 Å². The minimum absolute atomic E-state index is 0.238. The standard InChI is InChI=1S/C28H28N6O/c1-20-31-26-13-15-34(19-25(26)27(32-20)23-7-3-2-4-8-23)18-21-9-11-24(12-10-21)33-28(35)30-17-22-6-5-14-29-16-22/h2-12,14,16H,13,15,17-19H2,1H3,(H2,30,33,35). The zero-order chi connectivity index (χ0) is 24.0. The topological polar surface area (TPSA) is 83.0 Å². The van der Waals surface area contributed by atoms with E-state index in [1.807, 2.05) is 37.3 Å². The Hall–Kier alpha value is -4.10.